The van der Waals surface area contributed by atoms with Gasteiger partial charge in [0, 0.05) is 21.8 Å². The van der Waals surface area contributed by atoms with Crippen molar-refractivity contribution >= 4 is 52.3 Å². The number of rotatable bonds is 6. The topological polar surface area (TPSA) is 109 Å². The van der Waals surface area contributed by atoms with Crippen LogP contribution < -0.4 is 26.2 Å². The van der Waals surface area contributed by atoms with Gasteiger partial charge in [0.15, 0.2) is 11.7 Å². The summed E-state index contributed by atoms with van der Waals surface area (Å²) >= 11 is 10.9. The van der Waals surface area contributed by atoms with Crippen molar-refractivity contribution in [3.05, 3.63) is 94.0 Å². The van der Waals surface area contributed by atoms with Gasteiger partial charge >= 0.3 is 0 Å². The highest BCUT2D eigenvalue weighted by molar-refractivity contribution is 7.80. The molecule has 0 saturated heterocycles. The van der Waals surface area contributed by atoms with Gasteiger partial charge in [-0.1, -0.05) is 44.5 Å². The molecule has 0 saturated carbocycles. The fourth-order valence-electron chi connectivity index (χ4n) is 3.33. The molecule has 3 rings (SSSR count). The molecule has 0 spiro atoms. The lowest BCUT2D eigenvalue weighted by Crippen LogP contribution is -2.49. The number of nitrogens with one attached hydrogen (secondary N) is 4. The van der Waals surface area contributed by atoms with E-state index in [0.717, 1.165) is 11.1 Å². The highest BCUT2D eigenvalue weighted by Gasteiger charge is 2.15. The number of carbonyl (C=O) groups is 3. The summed E-state index contributed by atoms with van der Waals surface area (Å²) in [6.07, 6.45) is 0. The van der Waals surface area contributed by atoms with E-state index < -0.39 is 11.8 Å². The first-order valence-corrected chi connectivity index (χ1v) is 12.5. The van der Waals surface area contributed by atoms with Crippen molar-refractivity contribution < 1.29 is 19.1 Å². The molecule has 0 unspecified atom stereocenters. The van der Waals surface area contributed by atoms with Crippen LogP contribution in [0.2, 0.25) is 5.02 Å². The highest BCUT2D eigenvalue weighted by atomic mass is 35.5. The van der Waals surface area contributed by atoms with E-state index in [9.17, 15) is 14.4 Å². The second-order valence-electron chi connectivity index (χ2n) is 9.51. The van der Waals surface area contributed by atoms with Gasteiger partial charge in [0.25, 0.3) is 17.7 Å². The first-order valence-electron chi connectivity index (χ1n) is 11.7. The number of hydrogen-bond acceptors (Lipinski definition) is 5. The summed E-state index contributed by atoms with van der Waals surface area (Å²) < 4.78 is 5.46. The van der Waals surface area contributed by atoms with Crippen LogP contribution in [-0.2, 0) is 10.2 Å². The van der Waals surface area contributed by atoms with Crippen LogP contribution in [0.5, 0.6) is 5.75 Å². The zero-order chi connectivity index (χ0) is 27.9. The molecule has 38 heavy (non-hydrogen) atoms. The third kappa shape index (κ3) is 8.29. The Labute approximate surface area is 232 Å². The summed E-state index contributed by atoms with van der Waals surface area (Å²) in [7, 11) is 0. The molecule has 0 aromatic heterocycles. The van der Waals surface area contributed by atoms with Crippen LogP contribution in [0.15, 0.2) is 66.7 Å². The average Bonchev–Trinajstić information content (AvgIpc) is 2.86. The van der Waals surface area contributed by atoms with E-state index in [0.29, 0.717) is 27.6 Å². The van der Waals surface area contributed by atoms with Crippen molar-refractivity contribution in [1.82, 2.24) is 16.2 Å². The molecular weight excluding hydrogens is 524 g/mol. The molecule has 3 amide bonds. The van der Waals surface area contributed by atoms with Crippen LogP contribution >= 0.6 is 23.8 Å². The van der Waals surface area contributed by atoms with Gasteiger partial charge < -0.3 is 10.1 Å². The summed E-state index contributed by atoms with van der Waals surface area (Å²) in [4.78, 5) is 37.0. The molecule has 0 atom stereocenters. The number of hydrazine groups is 1. The number of ether oxygens (including phenoxy) is 1. The molecule has 0 aliphatic rings. The maximum Gasteiger partial charge on any atom is 0.269 e. The number of benzene rings is 3. The fraction of sp³-hybridized carbons (Fsp3) is 0.214. The first kappa shape index (κ1) is 28.6. The number of carbonyl (C=O) groups excluding carboxylic acids is 3. The van der Waals surface area contributed by atoms with E-state index in [4.69, 9.17) is 28.6 Å². The van der Waals surface area contributed by atoms with Gasteiger partial charge in [0.05, 0.1) is 0 Å². The SMILES string of the molecule is Cc1cc(Cl)ccc1OCC(=O)NC(=S)NNC(=O)c1ccc(NC(=O)c2ccc(C(C)(C)C)cc2)cc1. The standard InChI is InChI=1S/C28H29ClN4O4S/c1-17-15-21(29)11-14-23(17)37-16-24(34)31-27(38)33-32-26(36)19-7-12-22(13-8-19)30-25(35)18-5-9-20(10-6-18)28(2,3)4/h5-15H,16H2,1-4H3,(H,30,35)(H,32,36)(H2,31,33,34,38). The van der Waals surface area contributed by atoms with Gasteiger partial charge in [-0.15, -0.1) is 0 Å². The Morgan fingerprint density at radius 1 is 0.868 bits per heavy atom. The summed E-state index contributed by atoms with van der Waals surface area (Å²) in [5.41, 5.74) is 8.20. The minimum absolute atomic E-state index is 0.00120. The summed E-state index contributed by atoms with van der Waals surface area (Å²) in [5.74, 6) is -0.708. The second-order valence-corrected chi connectivity index (χ2v) is 10.4. The Balaban J connectivity index is 1.44. The molecule has 3 aromatic rings. The molecule has 0 radical (unpaired) electrons. The zero-order valence-corrected chi connectivity index (χ0v) is 23.0. The van der Waals surface area contributed by atoms with Gasteiger partial charge in [-0.05, 0) is 90.3 Å². The van der Waals surface area contributed by atoms with E-state index in [2.05, 4.69) is 42.3 Å². The van der Waals surface area contributed by atoms with Crippen LogP contribution in [0.25, 0.3) is 0 Å². The minimum Gasteiger partial charge on any atom is -0.483 e. The molecule has 0 fully saturated rings. The van der Waals surface area contributed by atoms with Crippen LogP contribution in [0.3, 0.4) is 0 Å². The summed E-state index contributed by atoms with van der Waals surface area (Å²) in [6, 6.07) is 18.9. The predicted molar refractivity (Wildman–Crippen MR) is 153 cm³/mol. The van der Waals surface area contributed by atoms with Crippen molar-refractivity contribution in [1.29, 1.82) is 0 Å². The molecule has 0 bridgehead atoms. The average molecular weight is 553 g/mol. The summed E-state index contributed by atoms with van der Waals surface area (Å²) in [6.45, 7) is 7.87. The van der Waals surface area contributed by atoms with Crippen molar-refractivity contribution in [2.75, 3.05) is 11.9 Å². The second kappa shape index (κ2) is 12.5. The minimum atomic E-state index is -0.501. The number of halogens is 1. The number of amides is 3. The third-order valence-corrected chi connectivity index (χ3v) is 5.90. The van der Waals surface area contributed by atoms with Gasteiger partial charge in [0.2, 0.25) is 0 Å². The molecule has 8 nitrogen and oxygen atoms in total. The Kier molecular flexibility index (Phi) is 9.44. The van der Waals surface area contributed by atoms with E-state index in [1.54, 1.807) is 54.6 Å². The summed E-state index contributed by atoms with van der Waals surface area (Å²) in [5, 5.41) is 5.70. The van der Waals surface area contributed by atoms with Gasteiger partial charge in [-0.25, -0.2) is 0 Å². The Morgan fingerprint density at radius 3 is 2.08 bits per heavy atom. The monoisotopic (exact) mass is 552 g/mol. The van der Waals surface area contributed by atoms with Crippen molar-refractivity contribution in [2.45, 2.75) is 33.1 Å². The molecule has 4 N–H and O–H groups in total. The van der Waals surface area contributed by atoms with E-state index >= 15 is 0 Å². The number of anilines is 1. The van der Waals surface area contributed by atoms with Crippen molar-refractivity contribution in [3.8, 4) is 5.75 Å². The maximum absolute atomic E-state index is 12.6. The predicted octanol–water partition coefficient (Wildman–Crippen LogP) is 4.91. The molecule has 3 aromatic carbocycles. The molecule has 0 aliphatic heterocycles. The number of thiocarbonyl (C=S) groups is 1. The lowest BCUT2D eigenvalue weighted by molar-refractivity contribution is -0.121. The highest BCUT2D eigenvalue weighted by Crippen LogP contribution is 2.23. The van der Waals surface area contributed by atoms with Crippen LogP contribution in [0, 0.1) is 6.92 Å². The zero-order valence-electron chi connectivity index (χ0n) is 21.5. The molecule has 198 valence electrons. The Hall–Kier alpha value is -3.95. The van der Waals surface area contributed by atoms with Crippen LogP contribution in [-0.4, -0.2) is 29.4 Å². The molecule has 0 heterocycles. The van der Waals surface area contributed by atoms with Gasteiger partial charge in [-0.2, -0.15) is 0 Å². The van der Waals surface area contributed by atoms with E-state index in [-0.39, 0.29) is 23.0 Å². The Morgan fingerprint density at radius 2 is 1.47 bits per heavy atom. The van der Waals surface area contributed by atoms with Crippen molar-refractivity contribution in [3.63, 3.8) is 0 Å². The van der Waals surface area contributed by atoms with Crippen molar-refractivity contribution in [2.24, 2.45) is 0 Å². The molecule has 10 heteroatoms. The van der Waals surface area contributed by atoms with E-state index in [1.807, 2.05) is 19.1 Å². The Bertz CT molecular complexity index is 1340. The number of hydrogen-bond donors (Lipinski definition) is 4. The van der Waals surface area contributed by atoms with Crippen LogP contribution in [0.1, 0.15) is 52.6 Å². The third-order valence-electron chi connectivity index (χ3n) is 5.46. The largest absolute Gasteiger partial charge is 0.483 e. The maximum atomic E-state index is 12.6. The van der Waals surface area contributed by atoms with E-state index in [1.165, 1.54) is 0 Å². The van der Waals surface area contributed by atoms with Crippen LogP contribution in [0.4, 0.5) is 5.69 Å². The van der Waals surface area contributed by atoms with Gasteiger partial charge in [0.1, 0.15) is 5.75 Å². The number of aryl methyl sites for hydroxylation is 1. The quantitative estimate of drug-likeness (QED) is 0.255. The normalized spacial score (nSPS) is 10.8. The fourth-order valence-corrected chi connectivity index (χ4v) is 3.72. The first-order chi connectivity index (χ1) is 17.9. The van der Waals surface area contributed by atoms with Gasteiger partial charge in [-0.3, -0.25) is 30.6 Å². The lowest BCUT2D eigenvalue weighted by Gasteiger charge is -2.19. The molecule has 0 aliphatic carbocycles. The smallest absolute Gasteiger partial charge is 0.269 e. The molecular formula is C28H29ClN4O4S. The lowest BCUT2D eigenvalue weighted by atomic mass is 9.87.